The Labute approximate surface area is 217 Å². The topological polar surface area (TPSA) is 43.5 Å². The SMILES string of the molecule is CC(C)(C)c1cc(C2(c3ccc(OCC4CO4)c(C(C)(C)C)c3)CCCCC2)ccc1OCC1CO1. The van der Waals surface area contributed by atoms with Crippen LogP contribution in [0.5, 0.6) is 11.5 Å². The van der Waals surface area contributed by atoms with Crippen molar-refractivity contribution in [3.8, 4) is 11.5 Å². The number of hydrogen-bond acceptors (Lipinski definition) is 4. The maximum atomic E-state index is 6.25. The molecule has 196 valence electrons. The van der Waals surface area contributed by atoms with Crippen LogP contribution in [0.15, 0.2) is 36.4 Å². The Hall–Kier alpha value is -2.04. The molecular formula is C32H44O4. The maximum Gasteiger partial charge on any atom is 0.123 e. The molecule has 2 aromatic carbocycles. The second-order valence-electron chi connectivity index (χ2n) is 13.1. The van der Waals surface area contributed by atoms with Gasteiger partial charge in [0.1, 0.15) is 36.9 Å². The second kappa shape index (κ2) is 9.68. The summed E-state index contributed by atoms with van der Waals surface area (Å²) in [5.41, 5.74) is 5.39. The predicted molar refractivity (Wildman–Crippen MR) is 145 cm³/mol. The number of hydrogen-bond donors (Lipinski definition) is 0. The lowest BCUT2D eigenvalue weighted by Gasteiger charge is -2.40. The van der Waals surface area contributed by atoms with E-state index in [4.69, 9.17) is 18.9 Å². The van der Waals surface area contributed by atoms with Crippen LogP contribution in [-0.4, -0.2) is 38.6 Å². The molecular weight excluding hydrogens is 448 g/mol. The molecule has 0 aromatic heterocycles. The summed E-state index contributed by atoms with van der Waals surface area (Å²) in [6.07, 6.45) is 6.67. The molecule has 36 heavy (non-hydrogen) atoms. The van der Waals surface area contributed by atoms with Crippen LogP contribution in [0.25, 0.3) is 0 Å². The van der Waals surface area contributed by atoms with Gasteiger partial charge in [0, 0.05) is 5.41 Å². The molecule has 3 fully saturated rings. The van der Waals surface area contributed by atoms with Crippen LogP contribution < -0.4 is 9.47 Å². The van der Waals surface area contributed by atoms with Crippen molar-refractivity contribution in [3.05, 3.63) is 58.7 Å². The lowest BCUT2D eigenvalue weighted by molar-refractivity contribution is 0.257. The molecule has 4 nitrogen and oxygen atoms in total. The molecule has 0 spiro atoms. The molecule has 2 unspecified atom stereocenters. The van der Waals surface area contributed by atoms with Gasteiger partial charge in [-0.05, 0) is 58.1 Å². The van der Waals surface area contributed by atoms with Gasteiger partial charge >= 0.3 is 0 Å². The van der Waals surface area contributed by atoms with E-state index in [1.165, 1.54) is 54.4 Å². The summed E-state index contributed by atoms with van der Waals surface area (Å²) in [6, 6.07) is 14.0. The molecule has 2 aromatic rings. The standard InChI is InChI=1S/C32H44O4/c1-30(2,3)26-16-22(10-12-28(26)35-20-24-18-33-24)32(14-8-7-9-15-32)23-11-13-29(36-21-25-19-34-25)27(17-23)31(4,5)6/h10-13,16-17,24-25H,7-9,14-15,18-21H2,1-6H3. The van der Waals surface area contributed by atoms with E-state index in [2.05, 4.69) is 77.9 Å². The number of ether oxygens (including phenoxy) is 4. The van der Waals surface area contributed by atoms with Gasteiger partial charge in [0.05, 0.1) is 13.2 Å². The molecule has 0 amide bonds. The van der Waals surface area contributed by atoms with Crippen LogP contribution in [-0.2, 0) is 25.7 Å². The van der Waals surface area contributed by atoms with Gasteiger partial charge in [0.15, 0.2) is 0 Å². The van der Waals surface area contributed by atoms with Gasteiger partial charge in [-0.15, -0.1) is 0 Å². The molecule has 5 rings (SSSR count). The molecule has 0 radical (unpaired) electrons. The minimum atomic E-state index is -0.00917. The third-order valence-electron chi connectivity index (χ3n) is 8.04. The van der Waals surface area contributed by atoms with Crippen molar-refractivity contribution in [2.75, 3.05) is 26.4 Å². The maximum absolute atomic E-state index is 6.25. The quantitative estimate of drug-likeness (QED) is 0.369. The lowest BCUT2D eigenvalue weighted by atomic mass is 9.64. The summed E-state index contributed by atoms with van der Waals surface area (Å²) in [6.45, 7) is 16.6. The summed E-state index contributed by atoms with van der Waals surface area (Å²) in [5, 5.41) is 0. The molecule has 3 aliphatic rings. The molecule has 2 aliphatic heterocycles. The number of epoxide rings is 2. The van der Waals surface area contributed by atoms with Crippen molar-refractivity contribution in [1.82, 2.24) is 0 Å². The molecule has 1 aliphatic carbocycles. The zero-order valence-corrected chi connectivity index (χ0v) is 23.1. The Balaban J connectivity index is 1.55. The third-order valence-corrected chi connectivity index (χ3v) is 8.04. The van der Waals surface area contributed by atoms with Crippen LogP contribution >= 0.6 is 0 Å². The summed E-state index contributed by atoms with van der Waals surface area (Å²) >= 11 is 0. The van der Waals surface area contributed by atoms with Crippen molar-refractivity contribution >= 4 is 0 Å². The second-order valence-corrected chi connectivity index (χ2v) is 13.1. The van der Waals surface area contributed by atoms with E-state index in [9.17, 15) is 0 Å². The van der Waals surface area contributed by atoms with Crippen molar-refractivity contribution in [3.63, 3.8) is 0 Å². The first-order chi connectivity index (χ1) is 17.1. The fourth-order valence-electron chi connectivity index (χ4n) is 5.67. The van der Waals surface area contributed by atoms with Crippen molar-refractivity contribution in [2.24, 2.45) is 0 Å². The summed E-state index contributed by atoms with van der Waals surface area (Å²) in [4.78, 5) is 0. The molecule has 2 atom stereocenters. The highest BCUT2D eigenvalue weighted by Gasteiger charge is 2.38. The first kappa shape index (κ1) is 25.6. The molecule has 0 bridgehead atoms. The first-order valence-corrected chi connectivity index (χ1v) is 13.9. The van der Waals surface area contributed by atoms with E-state index >= 15 is 0 Å². The van der Waals surface area contributed by atoms with Gasteiger partial charge in [-0.1, -0.05) is 85.1 Å². The van der Waals surface area contributed by atoms with Crippen molar-refractivity contribution in [1.29, 1.82) is 0 Å². The van der Waals surface area contributed by atoms with Crippen molar-refractivity contribution in [2.45, 2.75) is 102 Å². The van der Waals surface area contributed by atoms with Gasteiger partial charge in [0.2, 0.25) is 0 Å². The van der Waals surface area contributed by atoms with Crippen LogP contribution in [0, 0.1) is 0 Å². The van der Waals surface area contributed by atoms with Gasteiger partial charge in [-0.3, -0.25) is 0 Å². The van der Waals surface area contributed by atoms with Gasteiger partial charge in [0.25, 0.3) is 0 Å². The minimum Gasteiger partial charge on any atom is -0.490 e. The lowest BCUT2D eigenvalue weighted by Crippen LogP contribution is -2.32. The van der Waals surface area contributed by atoms with Gasteiger partial charge in [-0.2, -0.15) is 0 Å². The third kappa shape index (κ3) is 5.60. The number of benzene rings is 2. The van der Waals surface area contributed by atoms with Crippen LogP contribution in [0.4, 0.5) is 0 Å². The average molecular weight is 493 g/mol. The zero-order valence-electron chi connectivity index (χ0n) is 23.1. The Morgan fingerprint density at radius 3 is 1.47 bits per heavy atom. The smallest absolute Gasteiger partial charge is 0.123 e. The van der Waals surface area contributed by atoms with E-state index in [0.717, 1.165) is 24.7 Å². The summed E-state index contributed by atoms with van der Waals surface area (Å²) in [5.74, 6) is 1.99. The first-order valence-electron chi connectivity index (χ1n) is 13.9. The predicted octanol–water partition coefficient (Wildman–Crippen LogP) is 7.09. The van der Waals surface area contributed by atoms with E-state index in [0.29, 0.717) is 13.2 Å². The fraction of sp³-hybridized carbons (Fsp3) is 0.625. The molecule has 0 N–H and O–H groups in total. The molecule has 2 saturated heterocycles. The van der Waals surface area contributed by atoms with Gasteiger partial charge in [-0.25, -0.2) is 0 Å². The number of rotatable bonds is 8. The van der Waals surface area contributed by atoms with E-state index in [1.807, 2.05) is 0 Å². The monoisotopic (exact) mass is 492 g/mol. The average Bonchev–Trinajstić information content (AvgIpc) is 3.76. The molecule has 1 saturated carbocycles. The van der Waals surface area contributed by atoms with Crippen LogP contribution in [0.1, 0.15) is 95.9 Å². The highest BCUT2D eigenvalue weighted by Crippen LogP contribution is 2.48. The molecule has 2 heterocycles. The van der Waals surface area contributed by atoms with Crippen LogP contribution in [0.2, 0.25) is 0 Å². The Kier molecular flexibility index (Phi) is 6.89. The zero-order chi connectivity index (χ0) is 25.6. The highest BCUT2D eigenvalue weighted by molar-refractivity contribution is 5.51. The van der Waals surface area contributed by atoms with Gasteiger partial charge < -0.3 is 18.9 Å². The van der Waals surface area contributed by atoms with Crippen LogP contribution in [0.3, 0.4) is 0 Å². The fourth-order valence-corrected chi connectivity index (χ4v) is 5.67. The largest absolute Gasteiger partial charge is 0.490 e. The minimum absolute atomic E-state index is 0.00845. The Bertz CT molecular complexity index is 981. The highest BCUT2D eigenvalue weighted by atomic mass is 16.6. The molecule has 4 heteroatoms. The van der Waals surface area contributed by atoms with E-state index < -0.39 is 0 Å². The Morgan fingerprint density at radius 2 is 1.11 bits per heavy atom. The van der Waals surface area contributed by atoms with E-state index in [-0.39, 0.29) is 28.5 Å². The summed E-state index contributed by atoms with van der Waals surface area (Å²) in [7, 11) is 0. The van der Waals surface area contributed by atoms with Crippen molar-refractivity contribution < 1.29 is 18.9 Å². The van der Waals surface area contributed by atoms with E-state index in [1.54, 1.807) is 0 Å². The normalized spacial score (nSPS) is 23.3. The Morgan fingerprint density at radius 1 is 0.694 bits per heavy atom. The summed E-state index contributed by atoms with van der Waals surface area (Å²) < 4.78 is 23.3.